The van der Waals surface area contributed by atoms with Gasteiger partial charge in [0.15, 0.2) is 0 Å². The summed E-state index contributed by atoms with van der Waals surface area (Å²) in [5.74, 6) is 1.66. The Morgan fingerprint density at radius 1 is 1.12 bits per heavy atom. The maximum atomic E-state index is 6.16. The third kappa shape index (κ3) is 5.87. The summed E-state index contributed by atoms with van der Waals surface area (Å²) in [4.78, 5) is 0. The van der Waals surface area contributed by atoms with Gasteiger partial charge in [0.2, 0.25) is 0 Å². The first-order valence-corrected chi connectivity index (χ1v) is 7.40. The van der Waals surface area contributed by atoms with E-state index >= 15 is 0 Å². The van der Waals surface area contributed by atoms with E-state index in [0.717, 1.165) is 18.4 Å². The van der Waals surface area contributed by atoms with Gasteiger partial charge in [-0.25, -0.2) is 0 Å². The molecule has 0 heterocycles. The van der Waals surface area contributed by atoms with Gasteiger partial charge in [-0.3, -0.25) is 0 Å². The molecule has 1 aliphatic carbocycles. The molecule has 0 aliphatic heterocycles. The highest BCUT2D eigenvalue weighted by Crippen LogP contribution is 2.30. The number of hydrogen-bond acceptors (Lipinski definition) is 2. The lowest BCUT2D eigenvalue weighted by atomic mass is 9.82. The van der Waals surface area contributed by atoms with Gasteiger partial charge in [-0.2, -0.15) is 0 Å². The average molecular weight is 241 g/mol. The maximum absolute atomic E-state index is 6.16. The molecular weight excluding hydrogens is 210 g/mol. The van der Waals surface area contributed by atoms with Gasteiger partial charge in [-0.15, -0.1) is 0 Å². The van der Waals surface area contributed by atoms with E-state index in [1.54, 1.807) is 0 Å². The normalized spacial score (nSPS) is 33.4. The van der Waals surface area contributed by atoms with Gasteiger partial charge in [-0.1, -0.05) is 20.8 Å². The molecule has 1 N–H and O–H groups in total. The van der Waals surface area contributed by atoms with E-state index in [0.29, 0.717) is 18.2 Å². The molecule has 0 aromatic heterocycles. The van der Waals surface area contributed by atoms with Crippen LogP contribution in [-0.4, -0.2) is 24.8 Å². The molecule has 1 fully saturated rings. The first-order chi connectivity index (χ1) is 8.01. The fourth-order valence-corrected chi connectivity index (χ4v) is 2.87. The average Bonchev–Trinajstić information content (AvgIpc) is 2.24. The molecule has 0 aromatic carbocycles. The lowest BCUT2D eigenvalue weighted by Gasteiger charge is -2.33. The van der Waals surface area contributed by atoms with Crippen molar-refractivity contribution in [2.75, 3.05) is 6.54 Å². The molecule has 0 spiro atoms. The summed E-state index contributed by atoms with van der Waals surface area (Å²) in [6, 6.07) is 0.602. The van der Waals surface area contributed by atoms with Gasteiger partial charge in [-0.05, 0) is 51.4 Å². The second-order valence-electron chi connectivity index (χ2n) is 6.20. The molecule has 0 aromatic rings. The molecule has 2 heteroatoms. The van der Waals surface area contributed by atoms with Crippen molar-refractivity contribution in [2.45, 2.75) is 78.6 Å². The van der Waals surface area contributed by atoms with E-state index in [9.17, 15) is 0 Å². The van der Waals surface area contributed by atoms with Gasteiger partial charge in [0.1, 0.15) is 0 Å². The molecule has 17 heavy (non-hydrogen) atoms. The molecule has 0 radical (unpaired) electrons. The predicted octanol–water partition coefficient (Wildman–Crippen LogP) is 3.60. The minimum Gasteiger partial charge on any atom is -0.374 e. The molecule has 2 nitrogen and oxygen atoms in total. The number of rotatable bonds is 6. The van der Waals surface area contributed by atoms with Crippen LogP contribution >= 0.6 is 0 Å². The Morgan fingerprint density at radius 2 is 1.71 bits per heavy atom. The molecule has 1 aliphatic rings. The van der Waals surface area contributed by atoms with Crippen LogP contribution in [0.5, 0.6) is 0 Å². The number of nitrogens with one attached hydrogen (secondary N) is 1. The first-order valence-electron chi connectivity index (χ1n) is 7.40. The van der Waals surface area contributed by atoms with Crippen LogP contribution in [0.2, 0.25) is 0 Å². The highest BCUT2D eigenvalue weighted by Gasteiger charge is 2.25. The molecule has 1 saturated carbocycles. The lowest BCUT2D eigenvalue weighted by molar-refractivity contribution is -0.0407. The van der Waals surface area contributed by atoms with Gasteiger partial charge in [0.25, 0.3) is 0 Å². The van der Waals surface area contributed by atoms with Crippen molar-refractivity contribution >= 4 is 0 Å². The third-order valence-electron chi connectivity index (χ3n) is 3.93. The van der Waals surface area contributed by atoms with Crippen LogP contribution in [0.3, 0.4) is 0 Å². The quantitative estimate of drug-likeness (QED) is 0.767. The highest BCUT2D eigenvalue weighted by molar-refractivity contribution is 4.76. The standard InChI is InChI=1S/C15H31NO/c1-6-13(4)16-10-14(5)17-15-8-11(2)7-12(3)9-15/h11-16H,6-10H2,1-5H3. The summed E-state index contributed by atoms with van der Waals surface area (Å²) in [7, 11) is 0. The lowest BCUT2D eigenvalue weighted by Crippen LogP contribution is -2.37. The predicted molar refractivity (Wildman–Crippen MR) is 74.3 cm³/mol. The van der Waals surface area contributed by atoms with Crippen molar-refractivity contribution in [1.29, 1.82) is 0 Å². The van der Waals surface area contributed by atoms with E-state index in [-0.39, 0.29) is 0 Å². The SMILES string of the molecule is CCC(C)NCC(C)OC1CC(C)CC(C)C1. The van der Waals surface area contributed by atoms with Crippen LogP contribution in [0.25, 0.3) is 0 Å². The largest absolute Gasteiger partial charge is 0.374 e. The Balaban J connectivity index is 2.23. The maximum Gasteiger partial charge on any atom is 0.0675 e. The third-order valence-corrected chi connectivity index (χ3v) is 3.93. The Kier molecular flexibility index (Phi) is 6.50. The first kappa shape index (κ1) is 15.0. The molecular formula is C15H31NO. The Hall–Kier alpha value is -0.0800. The fourth-order valence-electron chi connectivity index (χ4n) is 2.87. The van der Waals surface area contributed by atoms with Gasteiger partial charge in [0, 0.05) is 12.6 Å². The summed E-state index contributed by atoms with van der Waals surface area (Å²) >= 11 is 0. The van der Waals surface area contributed by atoms with Crippen molar-refractivity contribution in [1.82, 2.24) is 5.32 Å². The van der Waals surface area contributed by atoms with E-state index in [2.05, 4.69) is 39.9 Å². The van der Waals surface area contributed by atoms with Crippen LogP contribution in [-0.2, 0) is 4.74 Å². The van der Waals surface area contributed by atoms with Crippen molar-refractivity contribution in [2.24, 2.45) is 11.8 Å². The van der Waals surface area contributed by atoms with E-state index < -0.39 is 0 Å². The van der Waals surface area contributed by atoms with Crippen LogP contribution in [0.4, 0.5) is 0 Å². The molecule has 0 saturated heterocycles. The molecule has 102 valence electrons. The monoisotopic (exact) mass is 241 g/mol. The molecule has 1 rings (SSSR count). The van der Waals surface area contributed by atoms with Crippen LogP contribution in [0.1, 0.15) is 60.3 Å². The van der Waals surface area contributed by atoms with Crippen molar-refractivity contribution < 1.29 is 4.74 Å². The zero-order valence-corrected chi connectivity index (χ0v) is 12.3. The number of ether oxygens (including phenoxy) is 1. The highest BCUT2D eigenvalue weighted by atomic mass is 16.5. The Bertz CT molecular complexity index is 197. The zero-order valence-electron chi connectivity index (χ0n) is 12.3. The van der Waals surface area contributed by atoms with E-state index in [1.807, 2.05) is 0 Å². The Labute approximate surface area is 108 Å². The minimum atomic E-state index is 0.339. The molecule has 0 bridgehead atoms. The van der Waals surface area contributed by atoms with Crippen LogP contribution < -0.4 is 5.32 Å². The molecule has 4 atom stereocenters. The summed E-state index contributed by atoms with van der Waals surface area (Å²) in [6.45, 7) is 12.3. The second-order valence-corrected chi connectivity index (χ2v) is 6.20. The van der Waals surface area contributed by atoms with E-state index in [1.165, 1.54) is 25.7 Å². The van der Waals surface area contributed by atoms with E-state index in [4.69, 9.17) is 4.74 Å². The molecule has 0 amide bonds. The summed E-state index contributed by atoms with van der Waals surface area (Å²) in [5.41, 5.74) is 0. The van der Waals surface area contributed by atoms with Crippen molar-refractivity contribution in [3.05, 3.63) is 0 Å². The van der Waals surface area contributed by atoms with Gasteiger partial charge in [0.05, 0.1) is 12.2 Å². The summed E-state index contributed by atoms with van der Waals surface area (Å²) in [5, 5.41) is 3.52. The van der Waals surface area contributed by atoms with Gasteiger partial charge >= 0.3 is 0 Å². The smallest absolute Gasteiger partial charge is 0.0675 e. The van der Waals surface area contributed by atoms with Crippen molar-refractivity contribution in [3.63, 3.8) is 0 Å². The second kappa shape index (κ2) is 7.38. The summed E-state index contributed by atoms with van der Waals surface area (Å²) in [6.07, 6.45) is 5.88. The Morgan fingerprint density at radius 3 is 2.24 bits per heavy atom. The fraction of sp³-hybridized carbons (Fsp3) is 1.00. The topological polar surface area (TPSA) is 21.3 Å². The number of hydrogen-bond donors (Lipinski definition) is 1. The minimum absolute atomic E-state index is 0.339. The van der Waals surface area contributed by atoms with Crippen LogP contribution in [0.15, 0.2) is 0 Å². The van der Waals surface area contributed by atoms with Gasteiger partial charge < -0.3 is 10.1 Å². The summed E-state index contributed by atoms with van der Waals surface area (Å²) < 4.78 is 6.16. The van der Waals surface area contributed by atoms with Crippen LogP contribution in [0, 0.1) is 11.8 Å². The zero-order chi connectivity index (χ0) is 12.8. The van der Waals surface area contributed by atoms with Crippen molar-refractivity contribution in [3.8, 4) is 0 Å². The molecule has 4 unspecified atom stereocenters.